The molecule has 1 aromatic carbocycles. The number of carboxylic acid groups (broad SMARTS) is 1. The molecular weight excluding hydrogens is 268 g/mol. The number of hydrogen-bond donors (Lipinski definition) is 2. The van der Waals surface area contributed by atoms with E-state index in [2.05, 4.69) is 5.32 Å². The van der Waals surface area contributed by atoms with Crippen LogP contribution in [-0.4, -0.2) is 35.6 Å². The largest absolute Gasteiger partial charge is 0.481 e. The van der Waals surface area contributed by atoms with Gasteiger partial charge in [-0.3, -0.25) is 9.59 Å². The minimum absolute atomic E-state index is 0.0267. The van der Waals surface area contributed by atoms with Crippen molar-refractivity contribution in [3.63, 3.8) is 0 Å². The van der Waals surface area contributed by atoms with Gasteiger partial charge >= 0.3 is 5.97 Å². The Morgan fingerprint density at radius 2 is 2.00 bits per heavy atom. The second kappa shape index (κ2) is 5.85. The minimum Gasteiger partial charge on any atom is -0.481 e. The molecule has 0 spiro atoms. The zero-order chi connectivity index (χ0) is 15.6. The van der Waals surface area contributed by atoms with Gasteiger partial charge in [0.05, 0.1) is 12.5 Å². The number of hydrogen-bond acceptors (Lipinski definition) is 3. The van der Waals surface area contributed by atoms with E-state index in [-0.39, 0.29) is 18.0 Å². The Morgan fingerprint density at radius 1 is 1.33 bits per heavy atom. The molecule has 1 aliphatic rings. The van der Waals surface area contributed by atoms with Gasteiger partial charge in [0, 0.05) is 17.8 Å². The van der Waals surface area contributed by atoms with Crippen LogP contribution in [0, 0.1) is 0 Å². The van der Waals surface area contributed by atoms with E-state index < -0.39 is 11.9 Å². The van der Waals surface area contributed by atoms with Crippen molar-refractivity contribution in [3.8, 4) is 0 Å². The van der Waals surface area contributed by atoms with Gasteiger partial charge in [-0.1, -0.05) is 18.2 Å². The summed E-state index contributed by atoms with van der Waals surface area (Å²) in [5.41, 5.74) is 1.31. The van der Waals surface area contributed by atoms with Crippen LogP contribution < -0.4 is 10.2 Å². The van der Waals surface area contributed by atoms with Crippen LogP contribution in [0.1, 0.15) is 38.7 Å². The van der Waals surface area contributed by atoms with Crippen molar-refractivity contribution in [1.82, 2.24) is 5.32 Å². The fraction of sp³-hybridized carbons (Fsp3) is 0.500. The van der Waals surface area contributed by atoms with E-state index >= 15 is 0 Å². The van der Waals surface area contributed by atoms with Gasteiger partial charge in [0.15, 0.2) is 0 Å². The van der Waals surface area contributed by atoms with Gasteiger partial charge < -0.3 is 15.3 Å². The molecule has 1 aromatic rings. The van der Waals surface area contributed by atoms with Crippen LogP contribution in [-0.2, 0) is 9.59 Å². The van der Waals surface area contributed by atoms with Crippen molar-refractivity contribution < 1.29 is 14.7 Å². The van der Waals surface area contributed by atoms with Crippen molar-refractivity contribution in [1.29, 1.82) is 0 Å². The highest BCUT2D eigenvalue weighted by molar-refractivity contribution is 5.97. The summed E-state index contributed by atoms with van der Waals surface area (Å²) in [6, 6.07) is 7.26. The molecule has 0 radical (unpaired) electrons. The molecule has 1 aliphatic heterocycles. The van der Waals surface area contributed by atoms with E-state index in [9.17, 15) is 14.7 Å². The number of carboxylic acids is 1. The Bertz CT molecular complexity index is 549. The molecule has 0 saturated carbocycles. The molecule has 1 amide bonds. The van der Waals surface area contributed by atoms with Crippen LogP contribution >= 0.6 is 0 Å². The highest BCUT2D eigenvalue weighted by Crippen LogP contribution is 2.35. The lowest BCUT2D eigenvalue weighted by molar-refractivity contribution is -0.139. The zero-order valence-corrected chi connectivity index (χ0v) is 12.7. The van der Waals surface area contributed by atoms with E-state index in [1.54, 1.807) is 11.0 Å². The lowest BCUT2D eigenvalue weighted by Gasteiger charge is -2.33. The van der Waals surface area contributed by atoms with Crippen LogP contribution in [0.15, 0.2) is 24.3 Å². The second-order valence-corrected chi connectivity index (χ2v) is 6.39. The Labute approximate surface area is 125 Å². The monoisotopic (exact) mass is 290 g/mol. The molecule has 5 nitrogen and oxygen atoms in total. The third-order valence-corrected chi connectivity index (χ3v) is 3.61. The Morgan fingerprint density at radius 3 is 2.62 bits per heavy atom. The smallest absolute Gasteiger partial charge is 0.311 e. The lowest BCUT2D eigenvalue weighted by atomic mass is 9.90. The van der Waals surface area contributed by atoms with Crippen molar-refractivity contribution >= 4 is 17.6 Å². The summed E-state index contributed by atoms with van der Waals surface area (Å²) in [7, 11) is 0. The predicted octanol–water partition coefficient (Wildman–Crippen LogP) is 1.98. The van der Waals surface area contributed by atoms with Gasteiger partial charge in [0.1, 0.15) is 0 Å². The maximum absolute atomic E-state index is 12.4. The van der Waals surface area contributed by atoms with Crippen LogP contribution in [0.4, 0.5) is 5.69 Å². The van der Waals surface area contributed by atoms with Crippen molar-refractivity contribution in [2.75, 3.05) is 18.0 Å². The van der Waals surface area contributed by atoms with Crippen molar-refractivity contribution in [2.45, 2.75) is 38.6 Å². The van der Waals surface area contributed by atoms with E-state index in [1.807, 2.05) is 39.0 Å². The first-order chi connectivity index (χ1) is 9.79. The minimum atomic E-state index is -0.831. The number of amides is 1. The summed E-state index contributed by atoms with van der Waals surface area (Å²) in [4.78, 5) is 25.4. The molecule has 1 unspecified atom stereocenters. The highest BCUT2D eigenvalue weighted by atomic mass is 16.4. The molecule has 1 atom stereocenters. The van der Waals surface area contributed by atoms with Crippen molar-refractivity contribution in [2.24, 2.45) is 0 Å². The third-order valence-electron chi connectivity index (χ3n) is 3.61. The van der Waals surface area contributed by atoms with Gasteiger partial charge in [-0.05, 0) is 38.8 Å². The molecule has 2 rings (SSSR count). The molecule has 114 valence electrons. The predicted molar refractivity (Wildman–Crippen MR) is 81.5 cm³/mol. The van der Waals surface area contributed by atoms with Gasteiger partial charge in [0.2, 0.25) is 5.91 Å². The highest BCUT2D eigenvalue weighted by Gasteiger charge is 2.32. The standard InChI is InChI=1S/C16H22N2O3/c1-16(2,3)17-10-14(19)18-9-8-12(15(20)21)11-6-4-5-7-13(11)18/h4-7,12,17H,8-10H2,1-3H3,(H,20,21). The van der Waals surface area contributed by atoms with E-state index in [0.29, 0.717) is 13.0 Å². The molecule has 0 saturated heterocycles. The van der Waals surface area contributed by atoms with E-state index in [0.717, 1.165) is 11.3 Å². The van der Waals surface area contributed by atoms with E-state index in [1.165, 1.54) is 0 Å². The SMILES string of the molecule is CC(C)(C)NCC(=O)N1CCC(C(=O)O)c2ccccc21. The van der Waals surface area contributed by atoms with Gasteiger partial charge in [-0.2, -0.15) is 0 Å². The number of carbonyl (C=O) groups excluding carboxylic acids is 1. The molecule has 5 heteroatoms. The number of fused-ring (bicyclic) bond motifs is 1. The summed E-state index contributed by atoms with van der Waals surface area (Å²) < 4.78 is 0. The first kappa shape index (κ1) is 15.5. The van der Waals surface area contributed by atoms with E-state index in [4.69, 9.17) is 0 Å². The van der Waals surface area contributed by atoms with Crippen LogP contribution in [0.5, 0.6) is 0 Å². The average Bonchev–Trinajstić information content (AvgIpc) is 2.42. The summed E-state index contributed by atoms with van der Waals surface area (Å²) in [5.74, 6) is -1.38. The van der Waals surface area contributed by atoms with Crippen LogP contribution in [0.25, 0.3) is 0 Å². The van der Waals surface area contributed by atoms with Gasteiger partial charge in [-0.15, -0.1) is 0 Å². The first-order valence-corrected chi connectivity index (χ1v) is 7.17. The lowest BCUT2D eigenvalue weighted by Crippen LogP contribution is -2.47. The number of benzene rings is 1. The number of nitrogens with zero attached hydrogens (tertiary/aromatic N) is 1. The Balaban J connectivity index is 2.21. The third kappa shape index (κ3) is 3.61. The molecule has 0 aliphatic carbocycles. The summed E-state index contributed by atoms with van der Waals surface area (Å²) in [6.07, 6.45) is 0.452. The zero-order valence-electron chi connectivity index (χ0n) is 12.7. The van der Waals surface area contributed by atoms with Crippen molar-refractivity contribution in [3.05, 3.63) is 29.8 Å². The fourth-order valence-corrected chi connectivity index (χ4v) is 2.51. The number of anilines is 1. The summed E-state index contributed by atoms with van der Waals surface area (Å²) in [6.45, 7) is 6.70. The molecule has 0 bridgehead atoms. The van der Waals surface area contributed by atoms with Crippen LogP contribution in [0.3, 0.4) is 0 Å². The molecule has 21 heavy (non-hydrogen) atoms. The second-order valence-electron chi connectivity index (χ2n) is 6.39. The number of nitrogens with one attached hydrogen (secondary N) is 1. The molecular formula is C16H22N2O3. The molecule has 0 fully saturated rings. The summed E-state index contributed by atoms with van der Waals surface area (Å²) in [5, 5.41) is 12.5. The van der Waals surface area contributed by atoms with Gasteiger partial charge in [-0.25, -0.2) is 0 Å². The molecule has 0 aromatic heterocycles. The molecule has 2 N–H and O–H groups in total. The number of aliphatic carboxylic acids is 1. The number of rotatable bonds is 3. The first-order valence-electron chi connectivity index (χ1n) is 7.17. The maximum Gasteiger partial charge on any atom is 0.311 e. The maximum atomic E-state index is 12.4. The normalized spacial score (nSPS) is 18.2. The Kier molecular flexibility index (Phi) is 4.32. The molecule has 1 heterocycles. The summed E-state index contributed by atoms with van der Waals surface area (Å²) >= 11 is 0. The van der Waals surface area contributed by atoms with Gasteiger partial charge in [0.25, 0.3) is 0 Å². The Hall–Kier alpha value is -1.88. The quantitative estimate of drug-likeness (QED) is 0.893. The average molecular weight is 290 g/mol. The number of carbonyl (C=O) groups is 2. The number of para-hydroxylation sites is 1. The fourth-order valence-electron chi connectivity index (χ4n) is 2.51. The topological polar surface area (TPSA) is 69.6 Å². The van der Waals surface area contributed by atoms with Crippen LogP contribution in [0.2, 0.25) is 0 Å².